The van der Waals surface area contributed by atoms with Crippen LogP contribution < -0.4 is 10.2 Å². The maximum atomic E-state index is 9.07. The lowest BCUT2D eigenvalue weighted by atomic mass is 10.3. The standard InChI is InChI=1S/C15H27N5O/c1-3-13-17-14(16-4-2)12-15(18-13)20-7-5-6-19(8-9-20)10-11-21/h12,21H,3-11H2,1-2H3,(H,16,17,18). The molecule has 0 atom stereocenters. The van der Waals surface area contributed by atoms with Gasteiger partial charge in [-0.3, -0.25) is 4.90 Å². The molecule has 2 heterocycles. The summed E-state index contributed by atoms with van der Waals surface area (Å²) in [4.78, 5) is 13.8. The third kappa shape index (κ3) is 4.54. The van der Waals surface area contributed by atoms with Gasteiger partial charge < -0.3 is 15.3 Å². The van der Waals surface area contributed by atoms with Crippen LogP contribution in [0.5, 0.6) is 0 Å². The van der Waals surface area contributed by atoms with Gasteiger partial charge in [0.05, 0.1) is 6.61 Å². The van der Waals surface area contributed by atoms with Gasteiger partial charge in [0, 0.05) is 45.2 Å². The maximum absolute atomic E-state index is 9.07. The summed E-state index contributed by atoms with van der Waals surface area (Å²) in [6.07, 6.45) is 1.94. The lowest BCUT2D eigenvalue weighted by molar-refractivity contribution is 0.204. The highest BCUT2D eigenvalue weighted by atomic mass is 16.3. The molecule has 0 saturated carbocycles. The lowest BCUT2D eigenvalue weighted by Gasteiger charge is -2.23. The molecule has 6 nitrogen and oxygen atoms in total. The Morgan fingerprint density at radius 2 is 2.05 bits per heavy atom. The zero-order valence-corrected chi connectivity index (χ0v) is 13.2. The first kappa shape index (κ1) is 16.0. The highest BCUT2D eigenvalue weighted by molar-refractivity contribution is 5.49. The fourth-order valence-electron chi connectivity index (χ4n) is 2.64. The largest absolute Gasteiger partial charge is 0.395 e. The van der Waals surface area contributed by atoms with Gasteiger partial charge in [-0.15, -0.1) is 0 Å². The van der Waals surface area contributed by atoms with E-state index >= 15 is 0 Å². The van der Waals surface area contributed by atoms with Gasteiger partial charge in [-0.05, 0) is 19.9 Å². The van der Waals surface area contributed by atoms with Crippen LogP contribution in [0.15, 0.2) is 6.07 Å². The molecule has 6 heteroatoms. The number of nitrogens with one attached hydrogen (secondary N) is 1. The first-order valence-corrected chi connectivity index (χ1v) is 7.96. The first-order chi connectivity index (χ1) is 10.3. The fourth-order valence-corrected chi connectivity index (χ4v) is 2.64. The lowest BCUT2D eigenvalue weighted by Crippen LogP contribution is -2.33. The summed E-state index contributed by atoms with van der Waals surface area (Å²) in [7, 11) is 0. The normalized spacial score (nSPS) is 16.8. The Balaban J connectivity index is 2.11. The van der Waals surface area contributed by atoms with Crippen LogP contribution in [-0.4, -0.2) is 65.8 Å². The monoisotopic (exact) mass is 293 g/mol. The number of aromatic nitrogens is 2. The summed E-state index contributed by atoms with van der Waals surface area (Å²) < 4.78 is 0. The fraction of sp³-hybridized carbons (Fsp3) is 0.733. The summed E-state index contributed by atoms with van der Waals surface area (Å²) in [5, 5.41) is 12.4. The van der Waals surface area contributed by atoms with Crippen molar-refractivity contribution in [3.63, 3.8) is 0 Å². The third-order valence-corrected chi connectivity index (χ3v) is 3.76. The molecule has 1 saturated heterocycles. The van der Waals surface area contributed by atoms with E-state index in [1.54, 1.807) is 0 Å². The molecule has 0 radical (unpaired) electrons. The van der Waals surface area contributed by atoms with Crippen LogP contribution in [0.3, 0.4) is 0 Å². The molecule has 1 aromatic rings. The van der Waals surface area contributed by atoms with Crippen molar-refractivity contribution in [1.29, 1.82) is 0 Å². The van der Waals surface area contributed by atoms with Crippen LogP contribution in [-0.2, 0) is 6.42 Å². The number of aliphatic hydroxyl groups excluding tert-OH is 1. The molecular formula is C15H27N5O. The van der Waals surface area contributed by atoms with E-state index in [4.69, 9.17) is 5.11 Å². The van der Waals surface area contributed by atoms with Crippen LogP contribution in [0.4, 0.5) is 11.6 Å². The van der Waals surface area contributed by atoms with Crippen molar-refractivity contribution in [2.24, 2.45) is 0 Å². The van der Waals surface area contributed by atoms with Crippen LogP contribution in [0.25, 0.3) is 0 Å². The summed E-state index contributed by atoms with van der Waals surface area (Å²) in [6.45, 7) is 10.00. The van der Waals surface area contributed by atoms with Gasteiger partial charge in [0.2, 0.25) is 0 Å². The second-order valence-electron chi connectivity index (χ2n) is 5.32. The van der Waals surface area contributed by atoms with Crippen LogP contribution in [0.1, 0.15) is 26.1 Å². The molecule has 0 aliphatic carbocycles. The Bertz CT molecular complexity index is 440. The number of hydrogen-bond donors (Lipinski definition) is 2. The predicted octanol–water partition coefficient (Wildman–Crippen LogP) is 0.975. The van der Waals surface area contributed by atoms with Crippen LogP contribution in [0.2, 0.25) is 0 Å². The first-order valence-electron chi connectivity index (χ1n) is 7.96. The van der Waals surface area contributed by atoms with Crippen molar-refractivity contribution in [1.82, 2.24) is 14.9 Å². The van der Waals surface area contributed by atoms with E-state index in [1.807, 2.05) is 6.07 Å². The van der Waals surface area contributed by atoms with Gasteiger partial charge in [0.15, 0.2) is 0 Å². The van der Waals surface area contributed by atoms with E-state index in [9.17, 15) is 0 Å². The van der Waals surface area contributed by atoms with Crippen molar-refractivity contribution in [2.75, 3.05) is 56.1 Å². The average Bonchev–Trinajstić information content (AvgIpc) is 2.73. The number of anilines is 2. The van der Waals surface area contributed by atoms with E-state index in [0.717, 1.165) is 69.6 Å². The van der Waals surface area contributed by atoms with Gasteiger partial charge in [-0.25, -0.2) is 9.97 Å². The van der Waals surface area contributed by atoms with Crippen molar-refractivity contribution >= 4 is 11.6 Å². The zero-order chi connectivity index (χ0) is 15.1. The number of hydrogen-bond acceptors (Lipinski definition) is 6. The maximum Gasteiger partial charge on any atom is 0.134 e. The second-order valence-corrected chi connectivity index (χ2v) is 5.32. The molecule has 0 aromatic carbocycles. The zero-order valence-electron chi connectivity index (χ0n) is 13.2. The van der Waals surface area contributed by atoms with Gasteiger partial charge >= 0.3 is 0 Å². The third-order valence-electron chi connectivity index (χ3n) is 3.76. The number of nitrogens with zero attached hydrogens (tertiary/aromatic N) is 4. The van der Waals surface area contributed by atoms with E-state index in [2.05, 4.69) is 38.9 Å². The molecule has 0 spiro atoms. The van der Waals surface area contributed by atoms with Gasteiger partial charge in [0.25, 0.3) is 0 Å². The van der Waals surface area contributed by atoms with E-state index in [0.29, 0.717) is 0 Å². The Morgan fingerprint density at radius 3 is 2.76 bits per heavy atom. The predicted molar refractivity (Wildman–Crippen MR) is 85.9 cm³/mol. The molecular weight excluding hydrogens is 266 g/mol. The van der Waals surface area contributed by atoms with Crippen LogP contribution in [0, 0.1) is 0 Å². The number of aliphatic hydroxyl groups is 1. The molecule has 0 bridgehead atoms. The SMILES string of the molecule is CCNc1cc(N2CCCN(CCO)CC2)nc(CC)n1. The molecule has 1 aromatic heterocycles. The Kier molecular flexibility index (Phi) is 6.20. The molecule has 1 fully saturated rings. The van der Waals surface area contributed by atoms with E-state index < -0.39 is 0 Å². The van der Waals surface area contributed by atoms with Gasteiger partial charge in [-0.1, -0.05) is 6.92 Å². The highest BCUT2D eigenvalue weighted by Crippen LogP contribution is 2.18. The van der Waals surface area contributed by atoms with E-state index in [1.165, 1.54) is 0 Å². The molecule has 21 heavy (non-hydrogen) atoms. The molecule has 0 amide bonds. The van der Waals surface area contributed by atoms with E-state index in [-0.39, 0.29) is 6.61 Å². The quantitative estimate of drug-likeness (QED) is 0.815. The number of aryl methyl sites for hydroxylation is 1. The van der Waals surface area contributed by atoms with Crippen LogP contribution >= 0.6 is 0 Å². The highest BCUT2D eigenvalue weighted by Gasteiger charge is 2.17. The number of rotatable bonds is 6. The van der Waals surface area contributed by atoms with Crippen molar-refractivity contribution < 1.29 is 5.11 Å². The summed E-state index contributed by atoms with van der Waals surface area (Å²) >= 11 is 0. The summed E-state index contributed by atoms with van der Waals surface area (Å²) in [5.41, 5.74) is 0. The smallest absolute Gasteiger partial charge is 0.134 e. The Morgan fingerprint density at radius 1 is 1.19 bits per heavy atom. The minimum Gasteiger partial charge on any atom is -0.395 e. The van der Waals surface area contributed by atoms with Crippen molar-refractivity contribution in [3.05, 3.63) is 11.9 Å². The molecule has 1 aliphatic heterocycles. The minimum absolute atomic E-state index is 0.234. The van der Waals surface area contributed by atoms with Crippen molar-refractivity contribution in [3.8, 4) is 0 Å². The minimum atomic E-state index is 0.234. The molecule has 118 valence electrons. The Labute approximate surface area is 127 Å². The summed E-state index contributed by atoms with van der Waals surface area (Å²) in [5.74, 6) is 2.82. The van der Waals surface area contributed by atoms with Gasteiger partial charge in [0.1, 0.15) is 17.5 Å². The molecule has 2 N–H and O–H groups in total. The average molecular weight is 293 g/mol. The molecule has 2 rings (SSSR count). The van der Waals surface area contributed by atoms with Crippen molar-refractivity contribution in [2.45, 2.75) is 26.7 Å². The molecule has 1 aliphatic rings. The number of β-amino-alcohol motifs (C(OH)–C–C–N with tert-alkyl or cyclic N) is 1. The molecule has 0 unspecified atom stereocenters. The van der Waals surface area contributed by atoms with Gasteiger partial charge in [-0.2, -0.15) is 0 Å². The second kappa shape index (κ2) is 8.14. The Hall–Kier alpha value is -1.40. The summed E-state index contributed by atoms with van der Waals surface area (Å²) in [6, 6.07) is 2.05. The topological polar surface area (TPSA) is 64.5 Å².